The molecule has 0 N–H and O–H groups in total. The van der Waals surface area contributed by atoms with Crippen molar-refractivity contribution in [3.8, 4) is 11.5 Å². The van der Waals surface area contributed by atoms with Crippen LogP contribution in [0.25, 0.3) is 0 Å². The first kappa shape index (κ1) is 11.7. The normalized spacial score (nSPS) is 16.2. The van der Waals surface area contributed by atoms with Crippen LogP contribution in [-0.4, -0.2) is 25.7 Å². The molecule has 1 aromatic carbocycles. The topological polar surface area (TPSA) is 47.9 Å². The van der Waals surface area contributed by atoms with Crippen molar-refractivity contribution in [1.82, 2.24) is 0 Å². The second-order valence-electron chi connectivity index (χ2n) is 4.28. The van der Waals surface area contributed by atoms with Crippen molar-refractivity contribution >= 4 is 17.2 Å². The molecule has 0 radical (unpaired) electrons. The average Bonchev–Trinajstić information content (AvgIpc) is 2.46. The molecule has 4 heteroatoms. The SMILES string of the molecule is COc1ccc2c(c1OC)C(=O)C1=CCC=CC1=N2. The zero-order valence-electron chi connectivity index (χ0n) is 10.8. The molecule has 0 saturated carbocycles. The van der Waals surface area contributed by atoms with Gasteiger partial charge in [0.05, 0.1) is 31.2 Å². The summed E-state index contributed by atoms with van der Waals surface area (Å²) >= 11 is 0. The maximum absolute atomic E-state index is 12.6. The smallest absolute Gasteiger partial charge is 0.200 e. The number of ketones is 1. The summed E-state index contributed by atoms with van der Waals surface area (Å²) < 4.78 is 10.6. The van der Waals surface area contributed by atoms with Gasteiger partial charge >= 0.3 is 0 Å². The molecule has 4 nitrogen and oxygen atoms in total. The number of fused-ring (bicyclic) bond motifs is 2. The summed E-state index contributed by atoms with van der Waals surface area (Å²) in [4.78, 5) is 17.1. The molecule has 3 rings (SSSR count). The molecule has 1 aliphatic heterocycles. The predicted octanol–water partition coefficient (Wildman–Crippen LogP) is 2.86. The van der Waals surface area contributed by atoms with Crippen molar-refractivity contribution in [3.63, 3.8) is 0 Å². The number of rotatable bonds is 2. The molecule has 2 aliphatic rings. The molecule has 1 aliphatic carbocycles. The van der Waals surface area contributed by atoms with Crippen molar-refractivity contribution in [2.24, 2.45) is 4.99 Å². The van der Waals surface area contributed by atoms with Crippen molar-refractivity contribution < 1.29 is 14.3 Å². The molecule has 0 bridgehead atoms. The van der Waals surface area contributed by atoms with Gasteiger partial charge in [0.25, 0.3) is 0 Å². The summed E-state index contributed by atoms with van der Waals surface area (Å²) in [6.45, 7) is 0. The Balaban J connectivity index is 2.27. The highest BCUT2D eigenvalue weighted by Gasteiger charge is 2.30. The van der Waals surface area contributed by atoms with E-state index in [0.29, 0.717) is 28.3 Å². The van der Waals surface area contributed by atoms with Crippen LogP contribution in [0.1, 0.15) is 16.8 Å². The molecule has 0 unspecified atom stereocenters. The number of nitrogens with zero attached hydrogens (tertiary/aromatic N) is 1. The number of benzene rings is 1. The zero-order valence-corrected chi connectivity index (χ0v) is 10.8. The van der Waals surface area contributed by atoms with E-state index in [2.05, 4.69) is 4.99 Å². The Morgan fingerprint density at radius 1 is 1.21 bits per heavy atom. The first-order chi connectivity index (χ1) is 9.26. The fourth-order valence-corrected chi connectivity index (χ4v) is 2.36. The van der Waals surface area contributed by atoms with Crippen molar-refractivity contribution in [2.45, 2.75) is 6.42 Å². The van der Waals surface area contributed by atoms with E-state index in [-0.39, 0.29) is 5.78 Å². The third-order valence-corrected chi connectivity index (χ3v) is 3.25. The Kier molecular flexibility index (Phi) is 2.71. The summed E-state index contributed by atoms with van der Waals surface area (Å²) in [6.07, 6.45) is 6.51. The molecule has 0 aromatic heterocycles. The van der Waals surface area contributed by atoms with Crippen LogP contribution in [0.2, 0.25) is 0 Å². The van der Waals surface area contributed by atoms with Gasteiger partial charge in [-0.05, 0) is 24.6 Å². The lowest BCUT2D eigenvalue weighted by atomic mass is 9.90. The molecule has 0 saturated heterocycles. The van der Waals surface area contributed by atoms with E-state index in [1.807, 2.05) is 18.2 Å². The number of methoxy groups -OCH3 is 2. The van der Waals surface area contributed by atoms with Crippen LogP contribution in [-0.2, 0) is 0 Å². The minimum Gasteiger partial charge on any atom is -0.493 e. The maximum atomic E-state index is 12.6. The van der Waals surface area contributed by atoms with E-state index in [1.54, 1.807) is 19.2 Å². The van der Waals surface area contributed by atoms with Crippen LogP contribution in [0.15, 0.2) is 40.9 Å². The molecule has 0 atom stereocenters. The van der Waals surface area contributed by atoms with Gasteiger partial charge in [0, 0.05) is 5.57 Å². The van der Waals surface area contributed by atoms with Crippen LogP contribution >= 0.6 is 0 Å². The fraction of sp³-hybridized carbons (Fsp3) is 0.200. The van der Waals surface area contributed by atoms with Crippen molar-refractivity contribution in [3.05, 3.63) is 41.5 Å². The standard InChI is InChI=1S/C15H13NO3/c1-18-12-8-7-11-13(15(12)19-2)14(17)9-5-3-4-6-10(9)16-11/h4-8H,3H2,1-2H3. The molecular weight excluding hydrogens is 242 g/mol. The van der Waals surface area contributed by atoms with Gasteiger partial charge < -0.3 is 9.47 Å². The molecule has 0 amide bonds. The van der Waals surface area contributed by atoms with E-state index in [4.69, 9.17) is 9.47 Å². The highest BCUT2D eigenvalue weighted by Crippen LogP contribution is 2.41. The zero-order chi connectivity index (χ0) is 13.4. The Morgan fingerprint density at radius 3 is 2.79 bits per heavy atom. The second-order valence-corrected chi connectivity index (χ2v) is 4.28. The lowest BCUT2D eigenvalue weighted by Crippen LogP contribution is -2.18. The number of carbonyl (C=O) groups excluding carboxylic acids is 1. The second kappa shape index (κ2) is 4.39. The third-order valence-electron chi connectivity index (χ3n) is 3.25. The van der Waals surface area contributed by atoms with Gasteiger partial charge in [-0.15, -0.1) is 0 Å². The van der Waals surface area contributed by atoms with Gasteiger partial charge in [-0.1, -0.05) is 12.2 Å². The largest absolute Gasteiger partial charge is 0.493 e. The third kappa shape index (κ3) is 1.68. The Labute approximate surface area is 111 Å². The van der Waals surface area contributed by atoms with Crippen LogP contribution in [0.5, 0.6) is 11.5 Å². The van der Waals surface area contributed by atoms with E-state index in [9.17, 15) is 4.79 Å². The maximum Gasteiger partial charge on any atom is 0.200 e. The summed E-state index contributed by atoms with van der Waals surface area (Å²) in [7, 11) is 3.08. The lowest BCUT2D eigenvalue weighted by molar-refractivity contribution is 0.103. The number of Topliss-reactive ketones (excluding diaryl/α,β-unsaturated/α-hetero) is 1. The number of ether oxygens (including phenoxy) is 2. The first-order valence-corrected chi connectivity index (χ1v) is 6.01. The molecule has 0 fully saturated rings. The minimum atomic E-state index is -0.0555. The van der Waals surface area contributed by atoms with Crippen LogP contribution in [0.3, 0.4) is 0 Å². The molecule has 0 spiro atoms. The Bertz CT molecular complexity index is 654. The lowest BCUT2D eigenvalue weighted by Gasteiger charge is -2.21. The van der Waals surface area contributed by atoms with Gasteiger partial charge in [-0.3, -0.25) is 4.79 Å². The summed E-state index contributed by atoms with van der Waals surface area (Å²) in [5.74, 6) is 0.934. The van der Waals surface area contributed by atoms with Gasteiger partial charge in [0.15, 0.2) is 11.5 Å². The summed E-state index contributed by atoms with van der Waals surface area (Å²) in [5, 5.41) is 0. The summed E-state index contributed by atoms with van der Waals surface area (Å²) in [6, 6.07) is 3.54. The summed E-state index contributed by atoms with van der Waals surface area (Å²) in [5.41, 5.74) is 2.46. The highest BCUT2D eigenvalue weighted by molar-refractivity contribution is 6.36. The number of carbonyl (C=O) groups is 1. The predicted molar refractivity (Wildman–Crippen MR) is 72.8 cm³/mol. The molecule has 96 valence electrons. The van der Waals surface area contributed by atoms with E-state index in [0.717, 1.165) is 12.1 Å². The van der Waals surface area contributed by atoms with Crippen molar-refractivity contribution in [2.75, 3.05) is 14.2 Å². The van der Waals surface area contributed by atoms with Gasteiger partial charge in [-0.2, -0.15) is 0 Å². The van der Waals surface area contributed by atoms with Crippen LogP contribution < -0.4 is 9.47 Å². The van der Waals surface area contributed by atoms with Gasteiger partial charge in [0.2, 0.25) is 5.78 Å². The number of aliphatic imine (C=N–C) groups is 1. The Hall–Kier alpha value is -2.36. The minimum absolute atomic E-state index is 0.0555. The van der Waals surface area contributed by atoms with Gasteiger partial charge in [-0.25, -0.2) is 4.99 Å². The van der Waals surface area contributed by atoms with Crippen molar-refractivity contribution in [1.29, 1.82) is 0 Å². The highest BCUT2D eigenvalue weighted by atomic mass is 16.5. The van der Waals surface area contributed by atoms with Crippen LogP contribution in [0, 0.1) is 0 Å². The molecular formula is C15H13NO3. The molecule has 1 aromatic rings. The number of hydrogen-bond donors (Lipinski definition) is 0. The average molecular weight is 255 g/mol. The Morgan fingerprint density at radius 2 is 2.05 bits per heavy atom. The quantitative estimate of drug-likeness (QED) is 0.816. The molecule has 1 heterocycles. The fourth-order valence-electron chi connectivity index (χ4n) is 2.36. The first-order valence-electron chi connectivity index (χ1n) is 6.01. The number of allylic oxidation sites excluding steroid dienone is 4. The van der Waals surface area contributed by atoms with Gasteiger partial charge in [0.1, 0.15) is 0 Å². The van der Waals surface area contributed by atoms with Crippen LogP contribution in [0.4, 0.5) is 5.69 Å². The molecule has 19 heavy (non-hydrogen) atoms. The monoisotopic (exact) mass is 255 g/mol. The van der Waals surface area contributed by atoms with E-state index in [1.165, 1.54) is 7.11 Å². The number of hydrogen-bond acceptors (Lipinski definition) is 4. The van der Waals surface area contributed by atoms with E-state index < -0.39 is 0 Å². The van der Waals surface area contributed by atoms with E-state index >= 15 is 0 Å².